The van der Waals surface area contributed by atoms with Crippen LogP contribution in [0.3, 0.4) is 0 Å². The molecule has 1 unspecified atom stereocenters. The summed E-state index contributed by atoms with van der Waals surface area (Å²) in [7, 11) is -2.27. The van der Waals surface area contributed by atoms with E-state index in [-0.39, 0.29) is 6.54 Å². The Labute approximate surface area is 112 Å². The van der Waals surface area contributed by atoms with Crippen molar-refractivity contribution in [3.8, 4) is 5.75 Å². The van der Waals surface area contributed by atoms with Crippen LogP contribution in [-0.2, 0) is 21.2 Å². The average molecular weight is 287 g/mol. The molecule has 1 atom stereocenters. The molecule has 0 heterocycles. The molecular formula is C12H17NO5S. The fraction of sp³-hybridized carbons (Fsp3) is 0.417. The zero-order valence-corrected chi connectivity index (χ0v) is 11.6. The number of sulfonamides is 1. The minimum Gasteiger partial charge on any atom is -0.497 e. The van der Waals surface area contributed by atoms with Crippen LogP contribution in [0, 0.1) is 0 Å². The molecule has 0 aliphatic rings. The van der Waals surface area contributed by atoms with Gasteiger partial charge in [-0.1, -0.05) is 12.1 Å². The minimum absolute atomic E-state index is 0.146. The second-order valence-corrected chi connectivity index (χ2v) is 6.11. The van der Waals surface area contributed by atoms with Crippen molar-refractivity contribution >= 4 is 16.0 Å². The summed E-state index contributed by atoms with van der Waals surface area (Å²) in [4.78, 5) is 10.6. The van der Waals surface area contributed by atoms with E-state index in [1.54, 1.807) is 19.2 Å². The molecule has 0 spiro atoms. The van der Waals surface area contributed by atoms with Gasteiger partial charge in [-0.05, 0) is 31.0 Å². The van der Waals surface area contributed by atoms with Gasteiger partial charge in [0.05, 0.1) is 7.11 Å². The van der Waals surface area contributed by atoms with Gasteiger partial charge < -0.3 is 9.84 Å². The van der Waals surface area contributed by atoms with Crippen molar-refractivity contribution in [3.05, 3.63) is 29.8 Å². The van der Waals surface area contributed by atoms with Gasteiger partial charge in [-0.15, -0.1) is 0 Å². The first-order valence-electron chi connectivity index (χ1n) is 5.71. The van der Waals surface area contributed by atoms with Crippen molar-refractivity contribution in [2.45, 2.75) is 18.6 Å². The molecular weight excluding hydrogens is 270 g/mol. The molecule has 2 N–H and O–H groups in total. The van der Waals surface area contributed by atoms with Crippen molar-refractivity contribution < 1.29 is 23.1 Å². The molecule has 0 saturated heterocycles. The molecule has 0 fully saturated rings. The molecule has 106 valence electrons. The lowest BCUT2D eigenvalue weighted by molar-refractivity contribution is -0.136. The Bertz CT molecular complexity index is 541. The van der Waals surface area contributed by atoms with Crippen molar-refractivity contribution in [1.29, 1.82) is 0 Å². The summed E-state index contributed by atoms with van der Waals surface area (Å²) >= 11 is 0. The molecule has 1 aromatic carbocycles. The van der Waals surface area contributed by atoms with Crippen LogP contribution in [0.5, 0.6) is 5.75 Å². The molecule has 0 saturated carbocycles. The molecule has 0 aromatic heterocycles. The highest BCUT2D eigenvalue weighted by Gasteiger charge is 2.26. The van der Waals surface area contributed by atoms with Gasteiger partial charge in [0.1, 0.15) is 5.75 Å². The number of nitrogens with one attached hydrogen (secondary N) is 1. The SMILES string of the molecule is COc1cccc(CCNS(=O)(=O)C(C)C(=O)O)c1. The van der Waals surface area contributed by atoms with Gasteiger partial charge >= 0.3 is 5.97 Å². The van der Waals surface area contributed by atoms with Crippen molar-refractivity contribution in [2.75, 3.05) is 13.7 Å². The first-order chi connectivity index (χ1) is 8.86. The Morgan fingerprint density at radius 2 is 2.16 bits per heavy atom. The van der Waals surface area contributed by atoms with Crippen LogP contribution in [0.15, 0.2) is 24.3 Å². The standard InChI is InChI=1S/C12H17NO5S/c1-9(12(14)15)19(16,17)13-7-6-10-4-3-5-11(8-10)18-2/h3-5,8-9,13H,6-7H2,1-2H3,(H,14,15). The van der Waals surface area contributed by atoms with E-state index in [9.17, 15) is 13.2 Å². The number of rotatable bonds is 7. The van der Waals surface area contributed by atoms with E-state index < -0.39 is 21.2 Å². The van der Waals surface area contributed by atoms with Gasteiger partial charge in [0.15, 0.2) is 5.25 Å². The number of aliphatic carboxylic acids is 1. The Balaban J connectivity index is 2.56. The summed E-state index contributed by atoms with van der Waals surface area (Å²) in [5, 5.41) is 7.21. The van der Waals surface area contributed by atoms with Gasteiger partial charge in [-0.2, -0.15) is 0 Å². The van der Waals surface area contributed by atoms with E-state index >= 15 is 0 Å². The lowest BCUT2D eigenvalue weighted by Gasteiger charge is -2.10. The summed E-state index contributed by atoms with van der Waals surface area (Å²) in [5.41, 5.74) is 0.907. The number of ether oxygens (including phenoxy) is 1. The predicted molar refractivity (Wildman–Crippen MR) is 70.7 cm³/mol. The third-order valence-corrected chi connectivity index (χ3v) is 4.40. The average Bonchev–Trinajstić information content (AvgIpc) is 2.37. The van der Waals surface area contributed by atoms with Gasteiger partial charge in [0.25, 0.3) is 0 Å². The Morgan fingerprint density at radius 1 is 1.47 bits per heavy atom. The number of carboxylic acid groups (broad SMARTS) is 1. The molecule has 0 amide bonds. The van der Waals surface area contributed by atoms with Gasteiger partial charge in [-0.3, -0.25) is 4.79 Å². The van der Waals surface area contributed by atoms with Crippen molar-refractivity contribution in [3.63, 3.8) is 0 Å². The highest BCUT2D eigenvalue weighted by Crippen LogP contribution is 2.12. The van der Waals surface area contributed by atoms with Crippen molar-refractivity contribution in [2.24, 2.45) is 0 Å². The van der Waals surface area contributed by atoms with Gasteiger partial charge in [0, 0.05) is 6.54 Å². The second kappa shape index (κ2) is 6.53. The number of benzene rings is 1. The highest BCUT2D eigenvalue weighted by molar-refractivity contribution is 7.90. The maximum absolute atomic E-state index is 11.6. The third kappa shape index (κ3) is 4.53. The second-order valence-electron chi connectivity index (χ2n) is 4.02. The third-order valence-electron chi connectivity index (χ3n) is 2.66. The van der Waals surface area contributed by atoms with Crippen LogP contribution >= 0.6 is 0 Å². The lowest BCUT2D eigenvalue weighted by atomic mass is 10.1. The number of carboxylic acids is 1. The van der Waals surface area contributed by atoms with Crippen LogP contribution < -0.4 is 9.46 Å². The zero-order valence-electron chi connectivity index (χ0n) is 10.8. The van der Waals surface area contributed by atoms with E-state index in [2.05, 4.69) is 4.72 Å². The zero-order chi connectivity index (χ0) is 14.5. The maximum Gasteiger partial charge on any atom is 0.323 e. The number of carbonyl (C=O) groups is 1. The largest absolute Gasteiger partial charge is 0.497 e. The van der Waals surface area contributed by atoms with E-state index in [1.165, 1.54) is 0 Å². The lowest BCUT2D eigenvalue weighted by Crippen LogP contribution is -2.38. The Morgan fingerprint density at radius 3 is 2.74 bits per heavy atom. The summed E-state index contributed by atoms with van der Waals surface area (Å²) in [5.74, 6) is -0.673. The van der Waals surface area contributed by atoms with Crippen molar-refractivity contribution in [1.82, 2.24) is 4.72 Å². The summed E-state index contributed by atoms with van der Waals surface area (Å²) in [6.45, 7) is 1.28. The normalized spacial score (nSPS) is 12.9. The Kier molecular flexibility index (Phi) is 5.31. The fourth-order valence-corrected chi connectivity index (χ4v) is 2.33. The summed E-state index contributed by atoms with van der Waals surface area (Å²) in [6.07, 6.45) is 0.461. The number of methoxy groups -OCH3 is 1. The highest BCUT2D eigenvalue weighted by atomic mass is 32.2. The molecule has 19 heavy (non-hydrogen) atoms. The molecule has 7 heteroatoms. The number of hydrogen-bond donors (Lipinski definition) is 2. The molecule has 0 radical (unpaired) electrons. The monoisotopic (exact) mass is 287 g/mol. The smallest absolute Gasteiger partial charge is 0.323 e. The van der Waals surface area contributed by atoms with Gasteiger partial charge in [0.2, 0.25) is 10.0 Å². The molecule has 0 aliphatic heterocycles. The van der Waals surface area contributed by atoms with E-state index in [4.69, 9.17) is 9.84 Å². The predicted octanol–water partition coefficient (Wildman–Crippen LogP) is 0.630. The van der Waals surface area contributed by atoms with Crippen LogP contribution in [0.4, 0.5) is 0 Å². The first kappa shape index (κ1) is 15.5. The van der Waals surface area contributed by atoms with Gasteiger partial charge in [-0.25, -0.2) is 13.1 Å². The van der Waals surface area contributed by atoms with E-state index in [0.717, 1.165) is 12.5 Å². The first-order valence-corrected chi connectivity index (χ1v) is 7.25. The van der Waals surface area contributed by atoms with E-state index in [0.29, 0.717) is 12.2 Å². The topological polar surface area (TPSA) is 92.7 Å². The minimum atomic E-state index is -3.83. The summed E-state index contributed by atoms with van der Waals surface area (Å²) in [6, 6.07) is 7.25. The van der Waals surface area contributed by atoms with Crippen LogP contribution in [0.25, 0.3) is 0 Å². The molecule has 0 bridgehead atoms. The fourth-order valence-electron chi connectivity index (χ4n) is 1.42. The molecule has 1 aromatic rings. The van der Waals surface area contributed by atoms with Crippen LogP contribution in [-0.4, -0.2) is 38.4 Å². The maximum atomic E-state index is 11.6. The number of hydrogen-bond acceptors (Lipinski definition) is 4. The Hall–Kier alpha value is -1.60. The summed E-state index contributed by atoms with van der Waals surface area (Å²) < 4.78 is 30.5. The van der Waals surface area contributed by atoms with E-state index in [1.807, 2.05) is 12.1 Å². The molecule has 6 nitrogen and oxygen atoms in total. The van der Waals surface area contributed by atoms with Crippen LogP contribution in [0.2, 0.25) is 0 Å². The van der Waals surface area contributed by atoms with Crippen LogP contribution in [0.1, 0.15) is 12.5 Å². The molecule has 1 rings (SSSR count). The molecule has 0 aliphatic carbocycles. The quantitative estimate of drug-likeness (QED) is 0.767.